The van der Waals surface area contributed by atoms with Crippen molar-refractivity contribution < 1.29 is 19.4 Å². The number of nitrogens with one attached hydrogen (secondary N) is 1. The number of benzene rings is 1. The van der Waals surface area contributed by atoms with Gasteiger partial charge in [0.2, 0.25) is 6.79 Å². The summed E-state index contributed by atoms with van der Waals surface area (Å²) in [5.74, 6) is 0.537. The Morgan fingerprint density at radius 2 is 1.95 bits per heavy atom. The van der Waals surface area contributed by atoms with E-state index in [2.05, 4.69) is 5.32 Å². The first-order valence-corrected chi connectivity index (χ1v) is 6.18. The summed E-state index contributed by atoms with van der Waals surface area (Å²) in [6, 6.07) is 3.45. The molecule has 0 amide bonds. The van der Waals surface area contributed by atoms with Crippen LogP contribution in [-0.4, -0.2) is 24.9 Å². The molecule has 104 valence electrons. The molecule has 0 saturated heterocycles. The van der Waals surface area contributed by atoms with Gasteiger partial charge in [-0.15, -0.1) is 0 Å². The molecule has 5 heteroatoms. The summed E-state index contributed by atoms with van der Waals surface area (Å²) >= 11 is 0. The highest BCUT2D eigenvalue weighted by Crippen LogP contribution is 2.41. The Kier molecular flexibility index (Phi) is 3.41. The lowest BCUT2D eigenvalue weighted by Crippen LogP contribution is -2.38. The fraction of sp³-hybridized carbons (Fsp3) is 0.500. The van der Waals surface area contributed by atoms with E-state index in [9.17, 15) is 9.90 Å². The highest BCUT2D eigenvalue weighted by atomic mass is 16.7. The Hall–Kier alpha value is -1.75. The lowest BCUT2D eigenvalue weighted by Gasteiger charge is -2.31. The number of rotatable bonds is 4. The monoisotopic (exact) mass is 265 g/mol. The van der Waals surface area contributed by atoms with E-state index in [1.54, 1.807) is 20.9 Å². The number of fused-ring (bicyclic) bond motifs is 1. The van der Waals surface area contributed by atoms with Gasteiger partial charge in [0.05, 0.1) is 5.41 Å². The maximum absolute atomic E-state index is 11.4. The molecule has 2 N–H and O–H groups in total. The number of carboxylic acid groups (broad SMARTS) is 1. The largest absolute Gasteiger partial charge is 0.481 e. The normalized spacial score (nSPS) is 15.4. The lowest BCUT2D eigenvalue weighted by atomic mass is 9.79. The summed E-state index contributed by atoms with van der Waals surface area (Å²) in [4.78, 5) is 11.4. The summed E-state index contributed by atoms with van der Waals surface area (Å²) in [5.41, 5.74) is 0.977. The molecule has 19 heavy (non-hydrogen) atoms. The minimum absolute atomic E-state index is 0.213. The van der Waals surface area contributed by atoms with Gasteiger partial charge >= 0.3 is 5.97 Å². The SMILES string of the molecule is CNC(c1cc2c(cc1C)OCO2)C(C)(C)C(=O)O. The predicted molar refractivity (Wildman–Crippen MR) is 70.5 cm³/mol. The van der Waals surface area contributed by atoms with Crippen molar-refractivity contribution in [2.75, 3.05) is 13.8 Å². The van der Waals surface area contributed by atoms with Gasteiger partial charge in [-0.25, -0.2) is 0 Å². The van der Waals surface area contributed by atoms with Gasteiger partial charge in [0.1, 0.15) is 0 Å². The first-order valence-electron chi connectivity index (χ1n) is 6.18. The molecule has 1 aliphatic heterocycles. The van der Waals surface area contributed by atoms with Crippen LogP contribution in [0.3, 0.4) is 0 Å². The van der Waals surface area contributed by atoms with Crippen LogP contribution in [0, 0.1) is 12.3 Å². The molecule has 0 fully saturated rings. The molecule has 0 saturated carbocycles. The van der Waals surface area contributed by atoms with Gasteiger partial charge in [-0.2, -0.15) is 0 Å². The predicted octanol–water partition coefficient (Wildman–Crippen LogP) is 2.10. The van der Waals surface area contributed by atoms with Crippen molar-refractivity contribution in [3.63, 3.8) is 0 Å². The lowest BCUT2D eigenvalue weighted by molar-refractivity contribution is -0.148. The summed E-state index contributed by atoms with van der Waals surface area (Å²) in [6.07, 6.45) is 0. The van der Waals surface area contributed by atoms with Crippen LogP contribution in [0.25, 0.3) is 0 Å². The van der Waals surface area contributed by atoms with Crippen LogP contribution in [0.2, 0.25) is 0 Å². The fourth-order valence-corrected chi connectivity index (χ4v) is 2.40. The first-order chi connectivity index (χ1) is 8.87. The third-order valence-corrected chi connectivity index (χ3v) is 3.63. The summed E-state index contributed by atoms with van der Waals surface area (Å²) < 4.78 is 10.7. The Balaban J connectivity index is 2.47. The molecule has 0 spiro atoms. The smallest absolute Gasteiger partial charge is 0.311 e. The van der Waals surface area contributed by atoms with Crippen LogP contribution in [-0.2, 0) is 4.79 Å². The van der Waals surface area contributed by atoms with Crippen molar-refractivity contribution in [2.24, 2.45) is 5.41 Å². The molecule has 0 bridgehead atoms. The van der Waals surface area contributed by atoms with E-state index in [-0.39, 0.29) is 12.8 Å². The summed E-state index contributed by atoms with van der Waals surface area (Å²) in [7, 11) is 1.76. The molecule has 2 rings (SSSR count). The molecule has 0 aliphatic carbocycles. The van der Waals surface area contributed by atoms with Crippen molar-refractivity contribution >= 4 is 5.97 Å². The van der Waals surface area contributed by atoms with E-state index < -0.39 is 11.4 Å². The van der Waals surface area contributed by atoms with Crippen LogP contribution < -0.4 is 14.8 Å². The highest BCUT2D eigenvalue weighted by molar-refractivity contribution is 5.75. The van der Waals surface area contributed by atoms with E-state index in [0.29, 0.717) is 11.5 Å². The zero-order valence-corrected chi connectivity index (χ0v) is 11.6. The fourth-order valence-electron chi connectivity index (χ4n) is 2.40. The number of carboxylic acids is 1. The molecule has 1 heterocycles. The standard InChI is InChI=1S/C14H19NO4/c1-8-5-10-11(19-7-18-10)6-9(8)12(15-4)14(2,3)13(16)17/h5-6,12,15H,7H2,1-4H3,(H,16,17). The molecule has 1 aliphatic rings. The van der Waals surface area contributed by atoms with Gasteiger partial charge in [-0.05, 0) is 51.1 Å². The average Bonchev–Trinajstić information content (AvgIpc) is 2.76. The van der Waals surface area contributed by atoms with Gasteiger partial charge in [0.25, 0.3) is 0 Å². The number of hydrogen-bond donors (Lipinski definition) is 2. The quantitative estimate of drug-likeness (QED) is 0.872. The molecule has 1 unspecified atom stereocenters. The van der Waals surface area contributed by atoms with E-state index in [1.807, 2.05) is 19.1 Å². The molecule has 5 nitrogen and oxygen atoms in total. The number of hydrogen-bond acceptors (Lipinski definition) is 4. The van der Waals surface area contributed by atoms with Crippen molar-refractivity contribution in [3.8, 4) is 11.5 Å². The van der Waals surface area contributed by atoms with Crippen molar-refractivity contribution in [1.82, 2.24) is 5.32 Å². The van der Waals surface area contributed by atoms with Crippen LogP contribution in [0.5, 0.6) is 11.5 Å². The zero-order valence-electron chi connectivity index (χ0n) is 11.6. The highest BCUT2D eigenvalue weighted by Gasteiger charge is 2.38. The Morgan fingerprint density at radius 3 is 2.47 bits per heavy atom. The number of ether oxygens (including phenoxy) is 2. The van der Waals surface area contributed by atoms with Gasteiger partial charge in [0, 0.05) is 6.04 Å². The van der Waals surface area contributed by atoms with Crippen LogP contribution in [0.1, 0.15) is 31.0 Å². The average molecular weight is 265 g/mol. The van der Waals surface area contributed by atoms with Gasteiger partial charge < -0.3 is 19.9 Å². The number of aryl methyl sites for hydroxylation is 1. The van der Waals surface area contributed by atoms with Crippen molar-refractivity contribution in [2.45, 2.75) is 26.8 Å². The Bertz CT molecular complexity index is 510. The zero-order chi connectivity index (χ0) is 14.2. The second-order valence-electron chi connectivity index (χ2n) is 5.31. The molecular formula is C14H19NO4. The number of aliphatic carboxylic acids is 1. The minimum atomic E-state index is -0.923. The van der Waals surface area contributed by atoms with E-state index >= 15 is 0 Å². The molecule has 0 radical (unpaired) electrons. The third kappa shape index (κ3) is 2.26. The second kappa shape index (κ2) is 4.74. The van der Waals surface area contributed by atoms with E-state index in [0.717, 1.165) is 11.1 Å². The van der Waals surface area contributed by atoms with Gasteiger partial charge in [-0.1, -0.05) is 0 Å². The molecule has 1 aromatic rings. The van der Waals surface area contributed by atoms with Crippen molar-refractivity contribution in [1.29, 1.82) is 0 Å². The number of carbonyl (C=O) groups is 1. The Morgan fingerprint density at radius 1 is 1.37 bits per heavy atom. The first kappa shape index (κ1) is 13.7. The topological polar surface area (TPSA) is 67.8 Å². The molecule has 1 atom stereocenters. The summed E-state index contributed by atoms with van der Waals surface area (Å²) in [5, 5.41) is 12.5. The minimum Gasteiger partial charge on any atom is -0.481 e. The van der Waals surface area contributed by atoms with Crippen LogP contribution in [0.4, 0.5) is 0 Å². The molecule has 0 aromatic heterocycles. The molecular weight excluding hydrogens is 246 g/mol. The second-order valence-corrected chi connectivity index (χ2v) is 5.31. The van der Waals surface area contributed by atoms with Gasteiger partial charge in [-0.3, -0.25) is 4.79 Å². The molecule has 1 aromatic carbocycles. The summed E-state index contributed by atoms with van der Waals surface area (Å²) in [6.45, 7) is 5.57. The maximum Gasteiger partial charge on any atom is 0.311 e. The van der Waals surface area contributed by atoms with Crippen LogP contribution >= 0.6 is 0 Å². The van der Waals surface area contributed by atoms with Crippen molar-refractivity contribution in [3.05, 3.63) is 23.3 Å². The third-order valence-electron chi connectivity index (χ3n) is 3.63. The van der Waals surface area contributed by atoms with Crippen LogP contribution in [0.15, 0.2) is 12.1 Å². The van der Waals surface area contributed by atoms with Gasteiger partial charge in [0.15, 0.2) is 11.5 Å². The Labute approximate surface area is 112 Å². The van der Waals surface area contributed by atoms with E-state index in [1.165, 1.54) is 0 Å². The maximum atomic E-state index is 11.4. The van der Waals surface area contributed by atoms with E-state index in [4.69, 9.17) is 9.47 Å².